The number of hydrogen-bond donors (Lipinski definition) is 1. The third kappa shape index (κ3) is 3.79. The molecule has 0 aromatic heterocycles. The Labute approximate surface area is 102 Å². The van der Waals surface area contributed by atoms with Crippen LogP contribution in [0.4, 0.5) is 5.69 Å². The highest BCUT2D eigenvalue weighted by atomic mass is 16.7. The van der Waals surface area contributed by atoms with Crippen molar-refractivity contribution in [2.24, 2.45) is 5.92 Å². The molecular weight excluding hydrogens is 214 g/mol. The highest BCUT2D eigenvalue weighted by Crippen LogP contribution is 2.29. The van der Waals surface area contributed by atoms with Gasteiger partial charge in [0.2, 0.25) is 0 Å². The molecule has 0 atom stereocenters. The lowest BCUT2D eigenvalue weighted by Gasteiger charge is -2.11. The summed E-state index contributed by atoms with van der Waals surface area (Å²) in [5.74, 6) is 1.59. The van der Waals surface area contributed by atoms with E-state index in [9.17, 15) is 0 Å². The van der Waals surface area contributed by atoms with Crippen LogP contribution in [0, 0.1) is 5.92 Å². The van der Waals surface area contributed by atoms with Gasteiger partial charge in [-0.1, -0.05) is 6.08 Å². The molecule has 1 aliphatic rings. The van der Waals surface area contributed by atoms with Crippen LogP contribution in [0.25, 0.3) is 0 Å². The quantitative estimate of drug-likeness (QED) is 0.341. The Bertz CT molecular complexity index is 386. The predicted octanol–water partition coefficient (Wildman–Crippen LogP) is 2.76. The van der Waals surface area contributed by atoms with Gasteiger partial charge in [-0.3, -0.25) is 0 Å². The van der Waals surface area contributed by atoms with Crippen LogP contribution in [0.2, 0.25) is 0 Å². The first-order valence-corrected chi connectivity index (χ1v) is 5.99. The summed E-state index contributed by atoms with van der Waals surface area (Å²) in [6.07, 6.45) is 5.18. The van der Waals surface area contributed by atoms with Gasteiger partial charge in [0.1, 0.15) is 5.75 Å². The smallest absolute Gasteiger partial charge is 0.189 e. The average molecular weight is 233 g/mol. The van der Waals surface area contributed by atoms with Crippen molar-refractivity contribution in [1.82, 2.24) is 0 Å². The van der Waals surface area contributed by atoms with E-state index in [1.54, 1.807) is 0 Å². The van der Waals surface area contributed by atoms with Crippen LogP contribution in [0.3, 0.4) is 0 Å². The number of allylic oxidation sites excluding steroid dienone is 1. The van der Waals surface area contributed by atoms with Crippen LogP contribution in [-0.4, -0.2) is 13.4 Å². The zero-order chi connectivity index (χ0) is 12.1. The van der Waals surface area contributed by atoms with Crippen LogP contribution >= 0.6 is 0 Å². The fourth-order valence-corrected chi connectivity index (χ4v) is 1.66. The molecule has 0 bridgehead atoms. The van der Waals surface area contributed by atoms with Gasteiger partial charge in [-0.2, -0.15) is 0 Å². The molecule has 0 spiro atoms. The van der Waals surface area contributed by atoms with Crippen molar-refractivity contribution in [3.63, 3.8) is 0 Å². The molecule has 1 saturated carbocycles. The number of benzene rings is 1. The number of hydrogen-bond acceptors (Lipinski definition) is 3. The molecule has 2 rings (SSSR count). The first kappa shape index (κ1) is 12.0. The molecule has 2 N–H and O–H groups in total. The fourth-order valence-electron chi connectivity index (χ4n) is 1.66. The van der Waals surface area contributed by atoms with E-state index in [0.29, 0.717) is 6.79 Å². The zero-order valence-corrected chi connectivity index (χ0v) is 10.0. The maximum atomic E-state index is 5.74. The van der Waals surface area contributed by atoms with Crippen molar-refractivity contribution in [1.29, 1.82) is 0 Å². The van der Waals surface area contributed by atoms with Crippen LogP contribution in [0.5, 0.6) is 5.75 Å². The van der Waals surface area contributed by atoms with Crippen LogP contribution in [0.1, 0.15) is 18.4 Å². The minimum atomic E-state index is 0.310. The van der Waals surface area contributed by atoms with Crippen molar-refractivity contribution in [2.75, 3.05) is 19.1 Å². The van der Waals surface area contributed by atoms with E-state index in [1.165, 1.54) is 12.8 Å². The first-order chi connectivity index (χ1) is 8.29. The van der Waals surface area contributed by atoms with Crippen LogP contribution in [0.15, 0.2) is 30.9 Å². The van der Waals surface area contributed by atoms with Gasteiger partial charge < -0.3 is 15.2 Å². The molecule has 0 saturated heterocycles. The maximum absolute atomic E-state index is 5.74. The molecule has 1 aromatic carbocycles. The molecule has 92 valence electrons. The lowest BCUT2D eigenvalue weighted by atomic mass is 10.1. The zero-order valence-electron chi connectivity index (χ0n) is 10.0. The van der Waals surface area contributed by atoms with Gasteiger partial charge in [0.15, 0.2) is 6.79 Å². The topological polar surface area (TPSA) is 44.5 Å². The van der Waals surface area contributed by atoms with E-state index < -0.39 is 0 Å². The molecule has 0 radical (unpaired) electrons. The number of ether oxygens (including phenoxy) is 2. The van der Waals surface area contributed by atoms with Gasteiger partial charge in [0.05, 0.1) is 6.61 Å². The molecule has 0 heterocycles. The number of nitrogens with two attached hydrogens (primary N) is 1. The third-order valence-corrected chi connectivity index (χ3v) is 2.80. The van der Waals surface area contributed by atoms with Crippen molar-refractivity contribution in [3.8, 4) is 5.75 Å². The Hall–Kier alpha value is -1.48. The lowest BCUT2D eigenvalue weighted by molar-refractivity contribution is 0.00954. The van der Waals surface area contributed by atoms with Crippen LogP contribution in [-0.2, 0) is 11.2 Å². The highest BCUT2D eigenvalue weighted by molar-refractivity contribution is 5.48. The number of anilines is 1. The summed E-state index contributed by atoms with van der Waals surface area (Å²) < 4.78 is 11.0. The minimum absolute atomic E-state index is 0.310. The Morgan fingerprint density at radius 2 is 2.24 bits per heavy atom. The summed E-state index contributed by atoms with van der Waals surface area (Å²) in [5.41, 5.74) is 7.53. The summed E-state index contributed by atoms with van der Waals surface area (Å²) in [7, 11) is 0. The van der Waals surface area contributed by atoms with E-state index in [1.807, 2.05) is 24.3 Å². The van der Waals surface area contributed by atoms with E-state index in [0.717, 1.165) is 35.9 Å². The van der Waals surface area contributed by atoms with E-state index >= 15 is 0 Å². The highest BCUT2D eigenvalue weighted by Gasteiger charge is 2.21. The molecule has 0 amide bonds. The summed E-state index contributed by atoms with van der Waals surface area (Å²) in [4.78, 5) is 0. The fraction of sp³-hybridized carbons (Fsp3) is 0.429. The van der Waals surface area contributed by atoms with E-state index in [-0.39, 0.29) is 0 Å². The first-order valence-electron chi connectivity index (χ1n) is 5.99. The molecule has 3 heteroatoms. The van der Waals surface area contributed by atoms with Crippen molar-refractivity contribution in [2.45, 2.75) is 19.3 Å². The second kappa shape index (κ2) is 5.73. The van der Waals surface area contributed by atoms with Gasteiger partial charge in [-0.05, 0) is 43.4 Å². The Balaban J connectivity index is 1.86. The third-order valence-electron chi connectivity index (χ3n) is 2.80. The van der Waals surface area contributed by atoms with Gasteiger partial charge in [0, 0.05) is 11.3 Å². The molecule has 1 aromatic rings. The Morgan fingerprint density at radius 1 is 1.41 bits per heavy atom. The van der Waals surface area contributed by atoms with Gasteiger partial charge in [-0.25, -0.2) is 0 Å². The van der Waals surface area contributed by atoms with Crippen LogP contribution < -0.4 is 10.5 Å². The lowest BCUT2D eigenvalue weighted by Crippen LogP contribution is -2.06. The second-order valence-corrected chi connectivity index (χ2v) is 4.44. The molecule has 0 aliphatic heterocycles. The Kier molecular flexibility index (Phi) is 4.04. The predicted molar refractivity (Wildman–Crippen MR) is 68.9 cm³/mol. The molecule has 1 aliphatic carbocycles. The summed E-state index contributed by atoms with van der Waals surface area (Å²) in [5, 5.41) is 0. The van der Waals surface area contributed by atoms with Crippen molar-refractivity contribution in [3.05, 3.63) is 36.4 Å². The summed E-state index contributed by atoms with van der Waals surface area (Å²) in [6, 6.07) is 5.63. The monoisotopic (exact) mass is 233 g/mol. The van der Waals surface area contributed by atoms with Gasteiger partial charge in [-0.15, -0.1) is 6.58 Å². The van der Waals surface area contributed by atoms with Gasteiger partial charge in [0.25, 0.3) is 0 Å². The van der Waals surface area contributed by atoms with E-state index in [2.05, 4.69) is 6.58 Å². The molecule has 0 unspecified atom stereocenters. The largest absolute Gasteiger partial charge is 0.467 e. The summed E-state index contributed by atoms with van der Waals surface area (Å²) >= 11 is 0. The number of rotatable bonds is 7. The van der Waals surface area contributed by atoms with Crippen molar-refractivity contribution >= 4 is 5.69 Å². The molecule has 1 fully saturated rings. The summed E-state index contributed by atoms with van der Waals surface area (Å²) in [6.45, 7) is 4.85. The average Bonchev–Trinajstić information content (AvgIpc) is 3.11. The molecule has 17 heavy (non-hydrogen) atoms. The standard InChI is InChI=1S/C14H19NO2/c1-2-3-12-8-13(15)6-7-14(12)17-10-16-9-11-4-5-11/h2,6-8,11H,1,3-5,9-10,15H2. The Morgan fingerprint density at radius 3 is 2.94 bits per heavy atom. The minimum Gasteiger partial charge on any atom is -0.467 e. The normalized spacial score (nSPS) is 14.6. The van der Waals surface area contributed by atoms with Gasteiger partial charge >= 0.3 is 0 Å². The maximum Gasteiger partial charge on any atom is 0.189 e. The van der Waals surface area contributed by atoms with E-state index in [4.69, 9.17) is 15.2 Å². The number of nitrogen functional groups attached to an aromatic ring is 1. The SMILES string of the molecule is C=CCc1cc(N)ccc1OCOCC1CC1. The molecule has 3 nitrogen and oxygen atoms in total. The second-order valence-electron chi connectivity index (χ2n) is 4.44. The molecular formula is C14H19NO2. The van der Waals surface area contributed by atoms with Crippen molar-refractivity contribution < 1.29 is 9.47 Å².